The van der Waals surface area contributed by atoms with Crippen LogP contribution in [0.3, 0.4) is 0 Å². The summed E-state index contributed by atoms with van der Waals surface area (Å²) in [6.07, 6.45) is 3.65. The molecule has 0 unspecified atom stereocenters. The summed E-state index contributed by atoms with van der Waals surface area (Å²) in [6.45, 7) is 0.614. The van der Waals surface area contributed by atoms with E-state index >= 15 is 0 Å². The molecule has 0 bridgehead atoms. The van der Waals surface area contributed by atoms with Crippen LogP contribution >= 0.6 is 0 Å². The molecule has 6 nitrogen and oxygen atoms in total. The Morgan fingerprint density at radius 2 is 2.04 bits per heavy atom. The van der Waals surface area contributed by atoms with E-state index in [2.05, 4.69) is 10.6 Å². The lowest BCUT2D eigenvalue weighted by Gasteiger charge is -2.21. The molecule has 1 heterocycles. The van der Waals surface area contributed by atoms with Crippen molar-refractivity contribution in [1.29, 1.82) is 0 Å². The summed E-state index contributed by atoms with van der Waals surface area (Å²) in [5, 5.41) is 4.86. The number of hydrogen-bond acceptors (Lipinski definition) is 4. The largest absolute Gasteiger partial charge is 0.347 e. The van der Waals surface area contributed by atoms with Gasteiger partial charge in [0.05, 0.1) is 6.61 Å². The molecule has 1 aromatic rings. The molecule has 1 atom stereocenters. The van der Waals surface area contributed by atoms with Gasteiger partial charge in [0.25, 0.3) is 0 Å². The van der Waals surface area contributed by atoms with Crippen LogP contribution in [0.4, 0.5) is 10.1 Å². The predicted octanol–water partition coefficient (Wildman–Crippen LogP) is 1.57. The highest BCUT2D eigenvalue weighted by molar-refractivity contribution is 6.39. The van der Waals surface area contributed by atoms with Crippen LogP contribution in [0.5, 0.6) is 0 Å². The number of anilines is 1. The minimum Gasteiger partial charge on any atom is -0.347 e. The summed E-state index contributed by atoms with van der Waals surface area (Å²) in [7, 11) is 0. The van der Waals surface area contributed by atoms with Crippen molar-refractivity contribution in [2.45, 2.75) is 37.6 Å². The fraction of sp³-hybridized carbons (Fsp3) is 0.500. The van der Waals surface area contributed by atoms with Gasteiger partial charge in [0.1, 0.15) is 11.9 Å². The number of rotatable bonds is 3. The molecule has 2 fully saturated rings. The zero-order valence-electron chi connectivity index (χ0n) is 12.6. The van der Waals surface area contributed by atoms with Crippen molar-refractivity contribution in [2.75, 3.05) is 18.5 Å². The third-order valence-electron chi connectivity index (χ3n) is 4.06. The van der Waals surface area contributed by atoms with E-state index in [4.69, 9.17) is 9.47 Å². The summed E-state index contributed by atoms with van der Waals surface area (Å²) >= 11 is 0. The molecule has 0 aromatic heterocycles. The number of amides is 2. The lowest BCUT2D eigenvalue weighted by atomic mass is 10.2. The van der Waals surface area contributed by atoms with E-state index < -0.39 is 23.4 Å². The molecule has 1 aromatic carbocycles. The van der Waals surface area contributed by atoms with Crippen LogP contribution in [0.15, 0.2) is 24.3 Å². The minimum absolute atomic E-state index is 0.206. The average molecular weight is 322 g/mol. The number of hydrogen-bond donors (Lipinski definition) is 2. The van der Waals surface area contributed by atoms with Crippen molar-refractivity contribution in [3.8, 4) is 0 Å². The lowest BCUT2D eigenvalue weighted by molar-refractivity contribution is -0.161. The van der Waals surface area contributed by atoms with E-state index in [9.17, 15) is 14.0 Å². The van der Waals surface area contributed by atoms with Crippen LogP contribution in [0.2, 0.25) is 0 Å². The third kappa shape index (κ3) is 3.86. The Bertz CT molecular complexity index is 601. The molecule has 1 spiro atoms. The van der Waals surface area contributed by atoms with Crippen LogP contribution in [0, 0.1) is 5.82 Å². The molecule has 7 heteroatoms. The molecule has 23 heavy (non-hydrogen) atoms. The maximum atomic E-state index is 13.0. The van der Waals surface area contributed by atoms with Gasteiger partial charge in [-0.1, -0.05) is 6.07 Å². The van der Waals surface area contributed by atoms with Crippen molar-refractivity contribution in [1.82, 2.24) is 5.32 Å². The number of carbonyl (C=O) groups is 2. The summed E-state index contributed by atoms with van der Waals surface area (Å²) in [5.41, 5.74) is 0.232. The highest BCUT2D eigenvalue weighted by Gasteiger charge is 2.43. The molecule has 1 aliphatic carbocycles. The maximum Gasteiger partial charge on any atom is 0.313 e. The molecule has 0 radical (unpaired) electrons. The number of halogens is 1. The summed E-state index contributed by atoms with van der Waals surface area (Å²) in [4.78, 5) is 23.5. The van der Waals surface area contributed by atoms with Gasteiger partial charge in [-0.3, -0.25) is 9.59 Å². The van der Waals surface area contributed by atoms with E-state index in [1.807, 2.05) is 0 Å². The van der Waals surface area contributed by atoms with E-state index in [0.717, 1.165) is 31.7 Å². The summed E-state index contributed by atoms with van der Waals surface area (Å²) < 4.78 is 24.6. The lowest BCUT2D eigenvalue weighted by Crippen LogP contribution is -2.40. The van der Waals surface area contributed by atoms with Crippen molar-refractivity contribution in [3.63, 3.8) is 0 Å². The fourth-order valence-corrected chi connectivity index (χ4v) is 2.93. The first-order chi connectivity index (χ1) is 11.1. The first-order valence-electron chi connectivity index (χ1n) is 7.73. The normalized spacial score (nSPS) is 22.2. The van der Waals surface area contributed by atoms with Gasteiger partial charge in [-0.15, -0.1) is 0 Å². The Kier molecular flexibility index (Phi) is 4.58. The number of ether oxygens (including phenoxy) is 2. The second-order valence-corrected chi connectivity index (χ2v) is 5.84. The van der Waals surface area contributed by atoms with Gasteiger partial charge in [-0.05, 0) is 31.0 Å². The van der Waals surface area contributed by atoms with E-state index in [1.165, 1.54) is 18.2 Å². The number of benzene rings is 1. The van der Waals surface area contributed by atoms with Crippen LogP contribution in [0.25, 0.3) is 0 Å². The topological polar surface area (TPSA) is 76.7 Å². The molecule has 124 valence electrons. The molecule has 2 aliphatic rings. The van der Waals surface area contributed by atoms with Gasteiger partial charge in [0.2, 0.25) is 0 Å². The van der Waals surface area contributed by atoms with Gasteiger partial charge in [0.15, 0.2) is 5.79 Å². The molecule has 3 rings (SSSR count). The van der Waals surface area contributed by atoms with E-state index in [-0.39, 0.29) is 18.3 Å². The quantitative estimate of drug-likeness (QED) is 0.828. The van der Waals surface area contributed by atoms with Crippen molar-refractivity contribution in [3.05, 3.63) is 30.1 Å². The Balaban J connectivity index is 1.45. The Hall–Kier alpha value is -1.99. The predicted molar refractivity (Wildman–Crippen MR) is 80.1 cm³/mol. The van der Waals surface area contributed by atoms with Gasteiger partial charge >= 0.3 is 11.8 Å². The van der Waals surface area contributed by atoms with Gasteiger partial charge in [-0.2, -0.15) is 0 Å². The highest BCUT2D eigenvalue weighted by Crippen LogP contribution is 2.38. The van der Waals surface area contributed by atoms with E-state index in [0.29, 0.717) is 6.61 Å². The highest BCUT2D eigenvalue weighted by atomic mass is 19.1. The third-order valence-corrected chi connectivity index (χ3v) is 4.06. The number of carbonyl (C=O) groups excluding carboxylic acids is 2. The molecule has 1 saturated heterocycles. The Morgan fingerprint density at radius 3 is 2.78 bits per heavy atom. The van der Waals surface area contributed by atoms with Crippen LogP contribution in [-0.4, -0.2) is 36.9 Å². The first kappa shape index (κ1) is 15.9. The molecule has 1 aliphatic heterocycles. The summed E-state index contributed by atoms with van der Waals surface area (Å²) in [6, 6.07) is 5.36. The molecular formula is C16H19FN2O4. The maximum absolute atomic E-state index is 13.0. The van der Waals surface area contributed by atoms with E-state index in [1.54, 1.807) is 0 Å². The Morgan fingerprint density at radius 1 is 1.26 bits per heavy atom. The number of nitrogens with one attached hydrogen (secondary N) is 2. The van der Waals surface area contributed by atoms with Crippen molar-refractivity contribution >= 4 is 17.5 Å². The molecule has 2 N–H and O–H groups in total. The average Bonchev–Trinajstić information content (AvgIpc) is 3.15. The smallest absolute Gasteiger partial charge is 0.313 e. The van der Waals surface area contributed by atoms with Crippen molar-refractivity contribution in [2.24, 2.45) is 0 Å². The molecule has 2 amide bonds. The SMILES string of the molecule is O=C(NC[C@H]1COC2(CCCC2)O1)C(=O)Nc1cccc(F)c1. The van der Waals surface area contributed by atoms with Crippen LogP contribution in [-0.2, 0) is 19.1 Å². The second-order valence-electron chi connectivity index (χ2n) is 5.84. The first-order valence-corrected chi connectivity index (χ1v) is 7.73. The molecular weight excluding hydrogens is 303 g/mol. The zero-order chi connectivity index (χ0) is 16.3. The van der Waals surface area contributed by atoms with Gasteiger partial charge < -0.3 is 20.1 Å². The standard InChI is InChI=1S/C16H19FN2O4/c17-11-4-3-5-12(8-11)19-15(21)14(20)18-9-13-10-22-16(23-13)6-1-2-7-16/h3-5,8,13H,1-2,6-7,9-10H2,(H,18,20)(H,19,21)/t13-/m0/s1. The second kappa shape index (κ2) is 6.64. The fourth-order valence-electron chi connectivity index (χ4n) is 2.93. The Labute approximate surface area is 133 Å². The van der Waals surface area contributed by atoms with Crippen LogP contribution < -0.4 is 10.6 Å². The summed E-state index contributed by atoms with van der Waals surface area (Å²) in [5.74, 6) is -2.60. The minimum atomic E-state index is -0.843. The van der Waals surface area contributed by atoms with Crippen molar-refractivity contribution < 1.29 is 23.5 Å². The monoisotopic (exact) mass is 322 g/mol. The molecule has 1 saturated carbocycles. The van der Waals surface area contributed by atoms with Gasteiger partial charge in [-0.25, -0.2) is 4.39 Å². The zero-order valence-corrected chi connectivity index (χ0v) is 12.6. The van der Waals surface area contributed by atoms with Crippen LogP contribution in [0.1, 0.15) is 25.7 Å². The van der Waals surface area contributed by atoms with Gasteiger partial charge in [0, 0.05) is 25.1 Å².